The van der Waals surface area contributed by atoms with E-state index in [1.807, 2.05) is 0 Å². The predicted octanol–water partition coefficient (Wildman–Crippen LogP) is 2.63. The Morgan fingerprint density at radius 1 is 1.33 bits per heavy atom. The molecule has 0 spiro atoms. The van der Waals surface area contributed by atoms with Crippen LogP contribution in [0.1, 0.15) is 10.4 Å². The standard InChI is InChI=1S/C10H7ClF3NO3/c1-18-8(16)6-4-5(11)2-3-7(6)15-9(17)10(12,13)14/h2-4H,1H3,(H,15,17). The molecule has 0 aliphatic carbocycles. The van der Waals surface area contributed by atoms with Crippen LogP contribution in [0.3, 0.4) is 0 Å². The monoisotopic (exact) mass is 281 g/mol. The maximum Gasteiger partial charge on any atom is 0.471 e. The van der Waals surface area contributed by atoms with Gasteiger partial charge in [-0.15, -0.1) is 0 Å². The van der Waals surface area contributed by atoms with E-state index in [4.69, 9.17) is 11.6 Å². The highest BCUT2D eigenvalue weighted by Gasteiger charge is 2.39. The molecular formula is C10H7ClF3NO3. The van der Waals surface area contributed by atoms with Crippen LogP contribution in [-0.4, -0.2) is 25.2 Å². The Morgan fingerprint density at radius 2 is 1.94 bits per heavy atom. The van der Waals surface area contributed by atoms with Crippen molar-refractivity contribution in [2.45, 2.75) is 6.18 Å². The highest BCUT2D eigenvalue weighted by molar-refractivity contribution is 6.31. The van der Waals surface area contributed by atoms with E-state index in [0.29, 0.717) is 0 Å². The van der Waals surface area contributed by atoms with Crippen molar-refractivity contribution in [2.75, 3.05) is 12.4 Å². The summed E-state index contributed by atoms with van der Waals surface area (Å²) in [5.41, 5.74) is -0.587. The molecule has 18 heavy (non-hydrogen) atoms. The van der Waals surface area contributed by atoms with Crippen molar-refractivity contribution >= 4 is 29.2 Å². The fourth-order valence-electron chi connectivity index (χ4n) is 1.10. The van der Waals surface area contributed by atoms with Crippen molar-refractivity contribution in [3.63, 3.8) is 0 Å². The number of halogens is 4. The summed E-state index contributed by atoms with van der Waals surface area (Å²) in [6, 6.07) is 3.41. The largest absolute Gasteiger partial charge is 0.471 e. The molecule has 4 nitrogen and oxygen atoms in total. The minimum absolute atomic E-state index is 0.125. The molecule has 1 aromatic carbocycles. The second kappa shape index (κ2) is 5.26. The molecule has 0 unspecified atom stereocenters. The lowest BCUT2D eigenvalue weighted by Gasteiger charge is -2.11. The van der Waals surface area contributed by atoms with E-state index >= 15 is 0 Å². The number of nitrogens with one attached hydrogen (secondary N) is 1. The van der Waals surface area contributed by atoms with Gasteiger partial charge in [-0.25, -0.2) is 4.79 Å². The number of carbonyl (C=O) groups is 2. The Bertz CT molecular complexity index is 488. The molecule has 8 heteroatoms. The number of amides is 1. The van der Waals surface area contributed by atoms with Gasteiger partial charge >= 0.3 is 18.1 Å². The minimum Gasteiger partial charge on any atom is -0.465 e. The molecule has 1 rings (SSSR count). The highest BCUT2D eigenvalue weighted by atomic mass is 35.5. The van der Waals surface area contributed by atoms with Gasteiger partial charge < -0.3 is 10.1 Å². The van der Waals surface area contributed by atoms with Crippen molar-refractivity contribution < 1.29 is 27.5 Å². The third kappa shape index (κ3) is 3.36. The number of hydrogen-bond donors (Lipinski definition) is 1. The highest BCUT2D eigenvalue weighted by Crippen LogP contribution is 2.24. The molecule has 1 aromatic rings. The first-order valence-electron chi connectivity index (χ1n) is 4.51. The maximum absolute atomic E-state index is 12.1. The Balaban J connectivity index is 3.09. The second-order valence-electron chi connectivity index (χ2n) is 3.13. The van der Waals surface area contributed by atoms with E-state index < -0.39 is 18.1 Å². The van der Waals surface area contributed by atoms with Gasteiger partial charge in [0.05, 0.1) is 18.4 Å². The summed E-state index contributed by atoms with van der Waals surface area (Å²) < 4.78 is 40.6. The molecule has 0 saturated heterocycles. The maximum atomic E-state index is 12.1. The molecule has 0 bridgehead atoms. The van der Waals surface area contributed by atoms with E-state index in [9.17, 15) is 22.8 Å². The SMILES string of the molecule is COC(=O)c1cc(Cl)ccc1NC(=O)C(F)(F)F. The topological polar surface area (TPSA) is 55.4 Å². The summed E-state index contributed by atoms with van der Waals surface area (Å²) in [5, 5.41) is 1.69. The Morgan fingerprint density at radius 3 is 2.44 bits per heavy atom. The zero-order chi connectivity index (χ0) is 13.9. The van der Waals surface area contributed by atoms with Gasteiger partial charge in [0.2, 0.25) is 0 Å². The zero-order valence-electron chi connectivity index (χ0n) is 8.97. The number of methoxy groups -OCH3 is 1. The van der Waals surface area contributed by atoms with Gasteiger partial charge in [0.25, 0.3) is 0 Å². The number of anilines is 1. The van der Waals surface area contributed by atoms with E-state index in [-0.39, 0.29) is 16.3 Å². The van der Waals surface area contributed by atoms with E-state index in [1.54, 1.807) is 5.32 Å². The molecule has 0 aromatic heterocycles. The van der Waals surface area contributed by atoms with E-state index in [0.717, 1.165) is 19.2 Å². The molecule has 0 radical (unpaired) electrons. The smallest absolute Gasteiger partial charge is 0.465 e. The third-order valence-corrected chi connectivity index (χ3v) is 2.13. The van der Waals surface area contributed by atoms with Crippen molar-refractivity contribution in [3.05, 3.63) is 28.8 Å². The van der Waals surface area contributed by atoms with Gasteiger partial charge in [0.1, 0.15) is 0 Å². The van der Waals surface area contributed by atoms with Crippen LogP contribution in [0.4, 0.5) is 18.9 Å². The van der Waals surface area contributed by atoms with Crippen molar-refractivity contribution in [1.29, 1.82) is 0 Å². The van der Waals surface area contributed by atoms with Gasteiger partial charge in [-0.2, -0.15) is 13.2 Å². The summed E-state index contributed by atoms with van der Waals surface area (Å²) in [6.45, 7) is 0. The van der Waals surface area contributed by atoms with E-state index in [1.165, 1.54) is 6.07 Å². The molecular weight excluding hydrogens is 275 g/mol. The van der Waals surface area contributed by atoms with Crippen LogP contribution in [0.2, 0.25) is 5.02 Å². The predicted molar refractivity (Wildman–Crippen MR) is 57.5 cm³/mol. The van der Waals surface area contributed by atoms with Crippen LogP contribution in [0.15, 0.2) is 18.2 Å². The third-order valence-electron chi connectivity index (χ3n) is 1.89. The molecule has 0 aliphatic heterocycles. The number of ether oxygens (including phenoxy) is 1. The number of hydrogen-bond acceptors (Lipinski definition) is 3. The lowest BCUT2D eigenvalue weighted by molar-refractivity contribution is -0.167. The van der Waals surface area contributed by atoms with Gasteiger partial charge in [-0.1, -0.05) is 11.6 Å². The number of esters is 1. The van der Waals surface area contributed by atoms with Crippen molar-refractivity contribution in [1.82, 2.24) is 0 Å². The fourth-order valence-corrected chi connectivity index (χ4v) is 1.27. The molecule has 0 fully saturated rings. The molecule has 0 atom stereocenters. The Kier molecular flexibility index (Phi) is 4.18. The van der Waals surface area contributed by atoms with Crippen LogP contribution in [0.5, 0.6) is 0 Å². The summed E-state index contributed by atoms with van der Waals surface area (Å²) >= 11 is 5.60. The summed E-state index contributed by atoms with van der Waals surface area (Å²) in [4.78, 5) is 22.1. The number of carbonyl (C=O) groups excluding carboxylic acids is 2. The first kappa shape index (κ1) is 14.3. The summed E-state index contributed by atoms with van der Waals surface area (Å²) in [5.74, 6) is -3.09. The van der Waals surface area contributed by atoms with Gasteiger partial charge in [0, 0.05) is 5.02 Å². The fraction of sp³-hybridized carbons (Fsp3) is 0.200. The first-order valence-corrected chi connectivity index (χ1v) is 4.89. The lowest BCUT2D eigenvalue weighted by Crippen LogP contribution is -2.30. The molecule has 98 valence electrons. The average molecular weight is 282 g/mol. The lowest BCUT2D eigenvalue weighted by atomic mass is 10.2. The number of rotatable bonds is 2. The van der Waals surface area contributed by atoms with Crippen LogP contribution in [0, 0.1) is 0 Å². The van der Waals surface area contributed by atoms with Crippen LogP contribution < -0.4 is 5.32 Å². The molecule has 0 heterocycles. The Hall–Kier alpha value is -1.76. The van der Waals surface area contributed by atoms with Crippen LogP contribution in [-0.2, 0) is 9.53 Å². The second-order valence-corrected chi connectivity index (χ2v) is 3.57. The molecule has 0 saturated carbocycles. The Labute approximate surface area is 105 Å². The first-order chi connectivity index (χ1) is 8.25. The van der Waals surface area contributed by atoms with Gasteiger partial charge in [-0.05, 0) is 18.2 Å². The van der Waals surface area contributed by atoms with Crippen LogP contribution in [0.25, 0.3) is 0 Å². The zero-order valence-corrected chi connectivity index (χ0v) is 9.72. The summed E-state index contributed by atoms with van der Waals surface area (Å²) in [7, 11) is 1.05. The minimum atomic E-state index is -5.05. The summed E-state index contributed by atoms with van der Waals surface area (Å²) in [6.07, 6.45) is -5.05. The number of alkyl halides is 3. The van der Waals surface area contributed by atoms with Gasteiger partial charge in [0.15, 0.2) is 0 Å². The normalized spacial score (nSPS) is 10.9. The van der Waals surface area contributed by atoms with E-state index in [2.05, 4.69) is 4.74 Å². The molecule has 1 amide bonds. The van der Waals surface area contributed by atoms with Gasteiger partial charge in [-0.3, -0.25) is 4.79 Å². The van der Waals surface area contributed by atoms with Crippen molar-refractivity contribution in [3.8, 4) is 0 Å². The van der Waals surface area contributed by atoms with Crippen LogP contribution >= 0.6 is 11.6 Å². The quantitative estimate of drug-likeness (QED) is 0.848. The molecule has 0 aliphatic rings. The molecule has 1 N–H and O–H groups in total. The van der Waals surface area contributed by atoms with Crippen molar-refractivity contribution in [2.24, 2.45) is 0 Å². The average Bonchev–Trinajstić information content (AvgIpc) is 2.29. The number of benzene rings is 1.